The highest BCUT2D eigenvalue weighted by atomic mass is 15.5. The van der Waals surface area contributed by atoms with E-state index in [9.17, 15) is 0 Å². The maximum Gasteiger partial charge on any atom is 0.158 e. The average molecular weight is 224 g/mol. The summed E-state index contributed by atoms with van der Waals surface area (Å²) in [6, 6.07) is 19.5. The van der Waals surface area contributed by atoms with E-state index < -0.39 is 0 Å². The summed E-state index contributed by atoms with van der Waals surface area (Å²) in [5, 5.41) is 9.01. The summed E-state index contributed by atoms with van der Waals surface area (Å²) in [4.78, 5) is 0. The molecule has 0 amide bonds. The molecule has 0 heterocycles. The minimum absolute atomic E-state index is 0.929. The van der Waals surface area contributed by atoms with E-state index in [1.165, 1.54) is 6.34 Å². The third-order valence-electron chi connectivity index (χ3n) is 2.23. The molecule has 0 saturated heterocycles. The molecule has 0 aliphatic heterocycles. The number of hydrogen-bond acceptors (Lipinski definition) is 3. The van der Waals surface area contributed by atoms with Crippen molar-refractivity contribution < 1.29 is 0 Å². The van der Waals surface area contributed by atoms with Crippen LogP contribution >= 0.6 is 0 Å². The van der Waals surface area contributed by atoms with Crippen LogP contribution in [0.3, 0.4) is 0 Å². The summed E-state index contributed by atoms with van der Waals surface area (Å²) in [6.45, 7) is 0. The van der Waals surface area contributed by atoms with Crippen LogP contribution in [0.5, 0.6) is 0 Å². The van der Waals surface area contributed by atoms with Crippen molar-refractivity contribution in [3.63, 3.8) is 0 Å². The zero-order chi connectivity index (χ0) is 11.9. The summed E-state index contributed by atoms with van der Waals surface area (Å²) in [5.41, 5.74) is 8.63. The Morgan fingerprint density at radius 2 is 1.29 bits per heavy atom. The molecule has 4 heteroatoms. The molecule has 2 aromatic carbocycles. The lowest BCUT2D eigenvalue weighted by Crippen LogP contribution is -2.08. The van der Waals surface area contributed by atoms with Crippen molar-refractivity contribution in [1.29, 1.82) is 5.53 Å². The summed E-state index contributed by atoms with van der Waals surface area (Å²) in [6.07, 6.45) is 1.21. The van der Waals surface area contributed by atoms with E-state index in [2.05, 4.69) is 10.2 Å². The van der Waals surface area contributed by atoms with Crippen LogP contribution in [-0.2, 0) is 0 Å². The largest absolute Gasteiger partial charge is 0.232 e. The smallest absolute Gasteiger partial charge is 0.158 e. The molecular formula is C13H12N4. The predicted molar refractivity (Wildman–Crippen MR) is 68.7 cm³/mol. The zero-order valence-electron chi connectivity index (χ0n) is 9.19. The molecule has 17 heavy (non-hydrogen) atoms. The van der Waals surface area contributed by atoms with Crippen molar-refractivity contribution in [1.82, 2.24) is 0 Å². The number of rotatable bonds is 4. The number of benzene rings is 2. The first kappa shape index (κ1) is 11.0. The van der Waals surface area contributed by atoms with Crippen LogP contribution in [0, 0.1) is 5.53 Å². The first-order chi connectivity index (χ1) is 8.42. The first-order valence-corrected chi connectivity index (χ1v) is 5.21. The summed E-state index contributed by atoms with van der Waals surface area (Å²) in [5.74, 6) is 0. The molecule has 2 aromatic rings. The number of anilines is 2. The van der Waals surface area contributed by atoms with Gasteiger partial charge in [-0.3, -0.25) is 0 Å². The van der Waals surface area contributed by atoms with Crippen LogP contribution in [0.25, 0.3) is 0 Å². The van der Waals surface area contributed by atoms with Gasteiger partial charge in [-0.25, -0.2) is 10.5 Å². The third kappa shape index (κ3) is 2.75. The minimum Gasteiger partial charge on any atom is -0.232 e. The van der Waals surface area contributed by atoms with Crippen LogP contribution in [0.1, 0.15) is 0 Å². The molecule has 0 atom stereocenters. The highest BCUT2D eigenvalue weighted by molar-refractivity contribution is 5.66. The topological polar surface area (TPSA) is 51.8 Å². The van der Waals surface area contributed by atoms with E-state index in [4.69, 9.17) is 5.53 Å². The molecule has 0 saturated carbocycles. The molecule has 0 aromatic heterocycles. The molecular weight excluding hydrogens is 212 g/mol. The van der Waals surface area contributed by atoms with Crippen LogP contribution in [0.4, 0.5) is 11.4 Å². The Labute approximate surface area is 99.7 Å². The number of hydrogen-bond donors (Lipinski definition) is 1. The summed E-state index contributed by atoms with van der Waals surface area (Å²) in [7, 11) is 0. The van der Waals surface area contributed by atoms with Gasteiger partial charge in [0.2, 0.25) is 0 Å². The standard InChI is InChI=1S/C13H12N4/c14-15-11-16-17(12-7-3-1-4-8-12)13-9-5-2-6-10-13/h1-11,14H. The van der Waals surface area contributed by atoms with E-state index in [0.717, 1.165) is 11.4 Å². The Hall–Kier alpha value is -2.49. The van der Waals surface area contributed by atoms with Crippen molar-refractivity contribution >= 4 is 17.7 Å². The second-order valence-corrected chi connectivity index (χ2v) is 3.34. The molecule has 84 valence electrons. The predicted octanol–water partition coefficient (Wildman–Crippen LogP) is 3.80. The lowest BCUT2D eigenvalue weighted by Gasteiger charge is -2.18. The van der Waals surface area contributed by atoms with Gasteiger partial charge in [0.1, 0.15) is 0 Å². The normalized spacial score (nSPS) is 10.4. The molecule has 0 unspecified atom stereocenters. The molecule has 0 spiro atoms. The van der Waals surface area contributed by atoms with Crippen molar-refractivity contribution in [3.05, 3.63) is 60.7 Å². The Balaban J connectivity index is 2.39. The lowest BCUT2D eigenvalue weighted by molar-refractivity contribution is 1.07. The SMILES string of the molecule is N=NC=NN(c1ccccc1)c1ccccc1. The average Bonchev–Trinajstić information content (AvgIpc) is 2.42. The summed E-state index contributed by atoms with van der Waals surface area (Å²) < 4.78 is 0. The fraction of sp³-hybridized carbons (Fsp3) is 0. The fourth-order valence-corrected chi connectivity index (χ4v) is 1.50. The van der Waals surface area contributed by atoms with Gasteiger partial charge >= 0.3 is 0 Å². The molecule has 2 rings (SSSR count). The second-order valence-electron chi connectivity index (χ2n) is 3.34. The van der Waals surface area contributed by atoms with Crippen molar-refractivity contribution in [2.24, 2.45) is 10.2 Å². The van der Waals surface area contributed by atoms with Crippen molar-refractivity contribution in [3.8, 4) is 0 Å². The molecule has 4 nitrogen and oxygen atoms in total. The van der Waals surface area contributed by atoms with Gasteiger partial charge in [0, 0.05) is 0 Å². The number of nitrogens with one attached hydrogen (secondary N) is 1. The molecule has 0 bridgehead atoms. The molecule has 0 aliphatic carbocycles. The molecule has 1 N–H and O–H groups in total. The summed E-state index contributed by atoms with van der Waals surface area (Å²) >= 11 is 0. The third-order valence-corrected chi connectivity index (χ3v) is 2.23. The van der Waals surface area contributed by atoms with Gasteiger partial charge in [-0.15, -0.1) is 5.11 Å². The zero-order valence-corrected chi connectivity index (χ0v) is 9.19. The number of hydrazone groups is 1. The van der Waals surface area contributed by atoms with Gasteiger partial charge in [0.05, 0.1) is 11.4 Å². The molecule has 0 fully saturated rings. The monoisotopic (exact) mass is 224 g/mol. The number of nitrogens with zero attached hydrogens (tertiary/aromatic N) is 3. The number of para-hydroxylation sites is 2. The van der Waals surface area contributed by atoms with Gasteiger partial charge in [-0.2, -0.15) is 5.10 Å². The van der Waals surface area contributed by atoms with Gasteiger partial charge in [-0.05, 0) is 24.3 Å². The van der Waals surface area contributed by atoms with Gasteiger partial charge in [0.25, 0.3) is 0 Å². The fourth-order valence-electron chi connectivity index (χ4n) is 1.50. The second kappa shape index (κ2) is 5.55. The van der Waals surface area contributed by atoms with Crippen LogP contribution in [0.15, 0.2) is 70.9 Å². The van der Waals surface area contributed by atoms with Gasteiger partial charge in [0.15, 0.2) is 6.34 Å². The minimum atomic E-state index is 0.929. The van der Waals surface area contributed by atoms with E-state index >= 15 is 0 Å². The molecule has 0 aliphatic rings. The Morgan fingerprint density at radius 3 is 1.71 bits per heavy atom. The quantitative estimate of drug-likeness (QED) is 0.365. The van der Waals surface area contributed by atoms with Crippen LogP contribution < -0.4 is 5.01 Å². The van der Waals surface area contributed by atoms with Crippen LogP contribution in [-0.4, -0.2) is 6.34 Å². The molecule has 0 radical (unpaired) electrons. The Kier molecular flexibility index (Phi) is 3.60. The van der Waals surface area contributed by atoms with Gasteiger partial charge < -0.3 is 0 Å². The van der Waals surface area contributed by atoms with E-state index in [1.54, 1.807) is 5.01 Å². The van der Waals surface area contributed by atoms with Crippen LogP contribution in [0.2, 0.25) is 0 Å². The maximum atomic E-state index is 6.77. The highest BCUT2D eigenvalue weighted by Gasteiger charge is 2.05. The van der Waals surface area contributed by atoms with Crippen molar-refractivity contribution in [2.45, 2.75) is 0 Å². The van der Waals surface area contributed by atoms with E-state index in [-0.39, 0.29) is 0 Å². The van der Waals surface area contributed by atoms with Crippen molar-refractivity contribution in [2.75, 3.05) is 5.01 Å². The first-order valence-electron chi connectivity index (χ1n) is 5.21. The Bertz CT molecular complexity index is 454. The lowest BCUT2D eigenvalue weighted by atomic mass is 10.2. The van der Waals surface area contributed by atoms with E-state index in [1.807, 2.05) is 60.7 Å². The van der Waals surface area contributed by atoms with E-state index in [0.29, 0.717) is 0 Å². The highest BCUT2D eigenvalue weighted by Crippen LogP contribution is 2.24. The maximum absolute atomic E-state index is 6.77. The van der Waals surface area contributed by atoms with Gasteiger partial charge in [-0.1, -0.05) is 36.4 Å². The Morgan fingerprint density at radius 1 is 0.824 bits per heavy atom.